The Morgan fingerprint density at radius 2 is 2.17 bits per heavy atom. The molecule has 0 unspecified atom stereocenters. The standard InChI is InChI=1S/C18H26N2O3/c1-14-5-3-4-6-15(14)18(21)20-8-7-17-16(13-20)19(9-11-22-2)10-12-23-17/h3-6,16-17H,7-13H2,1-2H3/t16-,17-/m0/s1. The molecule has 5 nitrogen and oxygen atoms in total. The second-order valence-electron chi connectivity index (χ2n) is 6.36. The molecular formula is C18H26N2O3. The molecule has 1 aromatic rings. The van der Waals surface area contributed by atoms with Gasteiger partial charge >= 0.3 is 0 Å². The third-order valence-electron chi connectivity index (χ3n) is 4.94. The van der Waals surface area contributed by atoms with Crippen LogP contribution in [0, 0.1) is 6.92 Å². The summed E-state index contributed by atoms with van der Waals surface area (Å²) in [7, 11) is 1.73. The largest absolute Gasteiger partial charge is 0.383 e. The molecule has 1 amide bonds. The van der Waals surface area contributed by atoms with Gasteiger partial charge in [-0.15, -0.1) is 0 Å². The maximum absolute atomic E-state index is 12.9. The number of aryl methyl sites for hydroxylation is 1. The smallest absolute Gasteiger partial charge is 0.254 e. The zero-order chi connectivity index (χ0) is 16.2. The van der Waals surface area contributed by atoms with Crippen LogP contribution >= 0.6 is 0 Å². The zero-order valence-electron chi connectivity index (χ0n) is 14.0. The van der Waals surface area contributed by atoms with E-state index in [1.165, 1.54) is 0 Å². The van der Waals surface area contributed by atoms with Crippen LogP contribution in [-0.2, 0) is 9.47 Å². The lowest BCUT2D eigenvalue weighted by Crippen LogP contribution is -2.61. The molecule has 0 spiro atoms. The lowest BCUT2D eigenvalue weighted by Gasteiger charge is -2.47. The Bertz CT molecular complexity index is 549. The van der Waals surface area contributed by atoms with Crippen LogP contribution in [0.15, 0.2) is 24.3 Å². The van der Waals surface area contributed by atoms with E-state index >= 15 is 0 Å². The molecule has 5 heteroatoms. The van der Waals surface area contributed by atoms with Gasteiger partial charge in [0.2, 0.25) is 0 Å². The molecule has 2 saturated heterocycles. The number of fused-ring (bicyclic) bond motifs is 1. The van der Waals surface area contributed by atoms with Crippen LogP contribution < -0.4 is 0 Å². The molecule has 2 heterocycles. The molecule has 3 rings (SSSR count). The maximum atomic E-state index is 12.9. The van der Waals surface area contributed by atoms with Crippen LogP contribution in [0.25, 0.3) is 0 Å². The monoisotopic (exact) mass is 318 g/mol. The van der Waals surface area contributed by atoms with Crippen molar-refractivity contribution in [3.8, 4) is 0 Å². The summed E-state index contributed by atoms with van der Waals surface area (Å²) < 4.78 is 11.1. The van der Waals surface area contributed by atoms with Crippen LogP contribution in [-0.4, -0.2) is 74.4 Å². The highest BCUT2D eigenvalue weighted by atomic mass is 16.5. The summed E-state index contributed by atoms with van der Waals surface area (Å²) in [6.45, 7) is 6.80. The average Bonchev–Trinajstić information content (AvgIpc) is 2.59. The first kappa shape index (κ1) is 16.4. The van der Waals surface area contributed by atoms with Gasteiger partial charge < -0.3 is 14.4 Å². The quantitative estimate of drug-likeness (QED) is 0.845. The van der Waals surface area contributed by atoms with Gasteiger partial charge in [-0.3, -0.25) is 9.69 Å². The SMILES string of the molecule is COCCN1CCO[C@H]2CCN(C(=O)c3ccccc3C)C[C@@H]21. The van der Waals surface area contributed by atoms with E-state index in [-0.39, 0.29) is 18.1 Å². The molecule has 2 aliphatic rings. The van der Waals surface area contributed by atoms with E-state index < -0.39 is 0 Å². The summed E-state index contributed by atoms with van der Waals surface area (Å²) in [5.41, 5.74) is 1.85. The number of morpholine rings is 1. The minimum absolute atomic E-state index is 0.138. The predicted octanol–water partition coefficient (Wildman–Crippen LogP) is 1.56. The fourth-order valence-electron chi connectivity index (χ4n) is 3.60. The molecule has 2 fully saturated rings. The van der Waals surface area contributed by atoms with Crippen molar-refractivity contribution in [2.45, 2.75) is 25.5 Å². The van der Waals surface area contributed by atoms with Crippen LogP contribution in [0.3, 0.4) is 0 Å². The molecule has 1 aromatic carbocycles. The van der Waals surface area contributed by atoms with Gasteiger partial charge in [-0.25, -0.2) is 0 Å². The molecule has 0 aliphatic carbocycles. The number of rotatable bonds is 4. The highest BCUT2D eigenvalue weighted by Crippen LogP contribution is 2.24. The number of methoxy groups -OCH3 is 1. The minimum atomic E-state index is 0.138. The Kier molecular flexibility index (Phi) is 5.30. The number of piperidine rings is 1. The summed E-state index contributed by atoms with van der Waals surface area (Å²) in [5.74, 6) is 0.138. The van der Waals surface area contributed by atoms with Gasteiger partial charge in [0.25, 0.3) is 5.91 Å². The molecule has 23 heavy (non-hydrogen) atoms. The van der Waals surface area contributed by atoms with Gasteiger partial charge in [0.1, 0.15) is 0 Å². The molecule has 2 aliphatic heterocycles. The fraction of sp³-hybridized carbons (Fsp3) is 0.611. The topological polar surface area (TPSA) is 42.0 Å². The number of hydrogen-bond acceptors (Lipinski definition) is 4. The van der Waals surface area contributed by atoms with Crippen molar-refractivity contribution in [1.82, 2.24) is 9.80 Å². The highest BCUT2D eigenvalue weighted by Gasteiger charge is 2.38. The zero-order valence-corrected chi connectivity index (χ0v) is 14.0. The number of likely N-dealkylation sites (tertiary alicyclic amines) is 1. The Morgan fingerprint density at radius 3 is 2.96 bits per heavy atom. The van der Waals surface area contributed by atoms with Crippen molar-refractivity contribution in [3.05, 3.63) is 35.4 Å². The van der Waals surface area contributed by atoms with Gasteiger partial charge in [0.05, 0.1) is 25.4 Å². The number of hydrogen-bond donors (Lipinski definition) is 0. The lowest BCUT2D eigenvalue weighted by atomic mass is 9.97. The number of carbonyl (C=O) groups is 1. The molecule has 0 aromatic heterocycles. The third kappa shape index (κ3) is 3.57. The Balaban J connectivity index is 1.71. The van der Waals surface area contributed by atoms with Crippen LogP contribution in [0.1, 0.15) is 22.3 Å². The second-order valence-corrected chi connectivity index (χ2v) is 6.36. The summed E-state index contributed by atoms with van der Waals surface area (Å²) >= 11 is 0. The van der Waals surface area contributed by atoms with Crippen molar-refractivity contribution in [2.24, 2.45) is 0 Å². The van der Waals surface area contributed by atoms with Gasteiger partial charge in [-0.2, -0.15) is 0 Å². The normalized spacial score (nSPS) is 25.2. The average molecular weight is 318 g/mol. The van der Waals surface area contributed by atoms with Crippen molar-refractivity contribution in [3.63, 3.8) is 0 Å². The number of nitrogens with zero attached hydrogens (tertiary/aromatic N) is 2. The van der Waals surface area contributed by atoms with Crippen molar-refractivity contribution < 1.29 is 14.3 Å². The highest BCUT2D eigenvalue weighted by molar-refractivity contribution is 5.95. The van der Waals surface area contributed by atoms with E-state index in [1.54, 1.807) is 7.11 Å². The number of carbonyl (C=O) groups excluding carboxylic acids is 1. The maximum Gasteiger partial charge on any atom is 0.254 e. The van der Waals surface area contributed by atoms with E-state index in [0.717, 1.165) is 56.9 Å². The molecule has 0 N–H and O–H groups in total. The molecule has 126 valence electrons. The second kappa shape index (κ2) is 7.43. The molecule has 0 bridgehead atoms. The van der Waals surface area contributed by atoms with Crippen LogP contribution in [0.4, 0.5) is 0 Å². The summed E-state index contributed by atoms with van der Waals surface area (Å²) in [4.78, 5) is 17.3. The molecule has 2 atom stereocenters. The molecule has 0 saturated carbocycles. The van der Waals surface area contributed by atoms with Gasteiger partial charge in [-0.05, 0) is 25.0 Å². The van der Waals surface area contributed by atoms with E-state index in [4.69, 9.17) is 9.47 Å². The van der Waals surface area contributed by atoms with E-state index in [0.29, 0.717) is 0 Å². The lowest BCUT2D eigenvalue weighted by molar-refractivity contribution is -0.101. The van der Waals surface area contributed by atoms with Gasteiger partial charge in [-0.1, -0.05) is 18.2 Å². The van der Waals surface area contributed by atoms with E-state index in [2.05, 4.69) is 4.90 Å². The Labute approximate surface area is 138 Å². The molecular weight excluding hydrogens is 292 g/mol. The van der Waals surface area contributed by atoms with Crippen LogP contribution in [0.2, 0.25) is 0 Å². The summed E-state index contributed by atoms with van der Waals surface area (Å²) in [6, 6.07) is 8.10. The summed E-state index contributed by atoms with van der Waals surface area (Å²) in [6.07, 6.45) is 1.15. The van der Waals surface area contributed by atoms with E-state index in [9.17, 15) is 4.79 Å². The molecule has 0 radical (unpaired) electrons. The number of amides is 1. The number of benzene rings is 1. The predicted molar refractivity (Wildman–Crippen MR) is 88.7 cm³/mol. The van der Waals surface area contributed by atoms with E-state index in [1.807, 2.05) is 36.1 Å². The van der Waals surface area contributed by atoms with Crippen molar-refractivity contribution >= 4 is 5.91 Å². The van der Waals surface area contributed by atoms with Crippen molar-refractivity contribution in [2.75, 3.05) is 46.5 Å². The number of ether oxygens (including phenoxy) is 2. The third-order valence-corrected chi connectivity index (χ3v) is 4.94. The first-order chi connectivity index (χ1) is 11.2. The minimum Gasteiger partial charge on any atom is -0.383 e. The Morgan fingerprint density at radius 1 is 1.35 bits per heavy atom. The fourth-order valence-corrected chi connectivity index (χ4v) is 3.60. The first-order valence-electron chi connectivity index (χ1n) is 8.40. The Hall–Kier alpha value is -1.43. The first-order valence-corrected chi connectivity index (χ1v) is 8.40. The van der Waals surface area contributed by atoms with Gasteiger partial charge in [0.15, 0.2) is 0 Å². The van der Waals surface area contributed by atoms with Gasteiger partial charge in [0, 0.05) is 38.9 Å². The van der Waals surface area contributed by atoms with Crippen molar-refractivity contribution in [1.29, 1.82) is 0 Å². The summed E-state index contributed by atoms with van der Waals surface area (Å²) in [5, 5.41) is 0. The van der Waals surface area contributed by atoms with Crippen LogP contribution in [0.5, 0.6) is 0 Å².